The molecule has 1 aliphatic rings. The molecule has 0 radical (unpaired) electrons. The topological polar surface area (TPSA) is 59.6 Å². The number of urea groups is 1. The van der Waals surface area contributed by atoms with E-state index in [1.165, 1.54) is 18.2 Å². The molecule has 0 saturated carbocycles. The fourth-order valence-electron chi connectivity index (χ4n) is 1.79. The van der Waals surface area contributed by atoms with Gasteiger partial charge in [0.05, 0.1) is 0 Å². The Morgan fingerprint density at radius 3 is 2.64 bits per heavy atom. The van der Waals surface area contributed by atoms with Crippen LogP contribution >= 0.6 is 11.6 Å². The van der Waals surface area contributed by atoms with Gasteiger partial charge in [0, 0.05) is 17.6 Å². The highest BCUT2D eigenvalue weighted by Gasteiger charge is 2.65. The van der Waals surface area contributed by atoms with Gasteiger partial charge in [-0.15, -0.1) is 0 Å². The zero-order chi connectivity index (χ0) is 16.4. The van der Waals surface area contributed by atoms with Crippen molar-refractivity contribution in [2.75, 3.05) is 6.54 Å². The smallest absolute Gasteiger partial charge is 0.424 e. The summed E-state index contributed by atoms with van der Waals surface area (Å²) in [6.07, 6.45) is -3.55. The van der Waals surface area contributed by atoms with Crippen molar-refractivity contribution in [1.82, 2.24) is 10.6 Å². The molecule has 0 saturated heterocycles. The molecule has 2 N–H and O–H groups in total. The van der Waals surface area contributed by atoms with Crippen LogP contribution in [0.4, 0.5) is 18.0 Å². The van der Waals surface area contributed by atoms with E-state index in [9.17, 15) is 18.0 Å². The molecule has 0 bridgehead atoms. The number of ether oxygens (including phenoxy) is 2. The molecule has 0 aliphatic carbocycles. The number of unbranched alkanes of at least 4 members (excludes halogenated alkanes) is 1. The minimum atomic E-state index is -4.99. The normalized spacial score (nSPS) is 19.9. The van der Waals surface area contributed by atoms with Gasteiger partial charge in [0.1, 0.15) is 0 Å². The fourth-order valence-corrected chi connectivity index (χ4v) is 1.95. The van der Waals surface area contributed by atoms with Gasteiger partial charge < -0.3 is 14.8 Å². The third-order valence-corrected chi connectivity index (χ3v) is 3.12. The molecule has 0 spiro atoms. The van der Waals surface area contributed by atoms with Gasteiger partial charge in [-0.2, -0.15) is 13.2 Å². The average Bonchev–Trinajstić information content (AvgIpc) is 2.77. The summed E-state index contributed by atoms with van der Waals surface area (Å²) in [7, 11) is 0. The lowest BCUT2D eigenvalue weighted by Gasteiger charge is -2.29. The lowest BCUT2D eigenvalue weighted by molar-refractivity contribution is -0.317. The molecule has 1 aliphatic heterocycles. The lowest BCUT2D eigenvalue weighted by Crippen LogP contribution is -2.66. The Kier molecular flexibility index (Phi) is 4.60. The van der Waals surface area contributed by atoms with Gasteiger partial charge in [-0.05, 0) is 18.6 Å². The molecule has 1 atom stereocenters. The Hall–Kier alpha value is -1.83. The average molecular weight is 339 g/mol. The predicted octanol–water partition coefficient (Wildman–Crippen LogP) is 3.43. The number of hydrogen-bond acceptors (Lipinski definition) is 3. The predicted molar refractivity (Wildman–Crippen MR) is 72.9 cm³/mol. The second-order valence-electron chi connectivity index (χ2n) is 4.64. The third kappa shape index (κ3) is 3.32. The molecule has 5 nitrogen and oxygen atoms in total. The van der Waals surface area contributed by atoms with Gasteiger partial charge in [-0.3, -0.25) is 5.32 Å². The van der Waals surface area contributed by atoms with Crippen LogP contribution < -0.4 is 20.1 Å². The molecule has 1 heterocycles. The van der Waals surface area contributed by atoms with Gasteiger partial charge in [0.2, 0.25) is 0 Å². The van der Waals surface area contributed by atoms with Crippen LogP contribution in [0.3, 0.4) is 0 Å². The quantitative estimate of drug-likeness (QED) is 0.827. The van der Waals surface area contributed by atoms with Gasteiger partial charge in [-0.1, -0.05) is 24.9 Å². The first-order chi connectivity index (χ1) is 10.3. The van der Waals surface area contributed by atoms with Crippen molar-refractivity contribution in [3.63, 3.8) is 0 Å². The first kappa shape index (κ1) is 16.5. The summed E-state index contributed by atoms with van der Waals surface area (Å²) in [5.74, 6) is -3.62. The van der Waals surface area contributed by atoms with Crippen LogP contribution in [0.5, 0.6) is 11.5 Å². The van der Waals surface area contributed by atoms with E-state index >= 15 is 0 Å². The van der Waals surface area contributed by atoms with Gasteiger partial charge in [0.15, 0.2) is 11.5 Å². The SMILES string of the molecule is CCCCNC(=O)NC1(C(F)(F)F)Oc2ccc(Cl)cc2O1. The van der Waals surface area contributed by atoms with E-state index in [1.807, 2.05) is 6.92 Å². The molecule has 2 amide bonds. The molecule has 2 rings (SSSR count). The molecule has 1 unspecified atom stereocenters. The van der Waals surface area contributed by atoms with Crippen LogP contribution in [-0.4, -0.2) is 24.7 Å². The minimum Gasteiger partial charge on any atom is -0.424 e. The largest absolute Gasteiger partial charge is 0.492 e. The van der Waals surface area contributed by atoms with Crippen LogP contribution in [-0.2, 0) is 0 Å². The highest BCUT2D eigenvalue weighted by Crippen LogP contribution is 2.45. The number of amides is 2. The first-order valence-electron chi connectivity index (χ1n) is 6.58. The number of benzene rings is 1. The maximum atomic E-state index is 13.3. The number of carbonyl (C=O) groups is 1. The van der Waals surface area contributed by atoms with Crippen molar-refractivity contribution in [2.24, 2.45) is 0 Å². The second kappa shape index (κ2) is 6.12. The Morgan fingerprint density at radius 2 is 2.00 bits per heavy atom. The number of hydrogen-bond donors (Lipinski definition) is 2. The van der Waals surface area contributed by atoms with Gasteiger partial charge in [-0.25, -0.2) is 4.79 Å². The number of alkyl halides is 3. The summed E-state index contributed by atoms with van der Waals surface area (Å²) < 4.78 is 49.5. The minimum absolute atomic E-state index is 0.157. The lowest BCUT2D eigenvalue weighted by atomic mass is 10.3. The number of fused-ring (bicyclic) bond motifs is 1. The van der Waals surface area contributed by atoms with E-state index in [-0.39, 0.29) is 23.1 Å². The van der Waals surface area contributed by atoms with E-state index in [1.54, 1.807) is 5.32 Å². The highest BCUT2D eigenvalue weighted by atomic mass is 35.5. The molecule has 0 fully saturated rings. The zero-order valence-corrected chi connectivity index (χ0v) is 12.3. The van der Waals surface area contributed by atoms with E-state index in [4.69, 9.17) is 21.1 Å². The van der Waals surface area contributed by atoms with E-state index in [2.05, 4.69) is 5.32 Å². The number of halogens is 4. The maximum Gasteiger partial charge on any atom is 0.492 e. The first-order valence-corrected chi connectivity index (χ1v) is 6.95. The second-order valence-corrected chi connectivity index (χ2v) is 5.08. The summed E-state index contributed by atoms with van der Waals surface area (Å²) in [5.41, 5.74) is 0. The van der Waals surface area contributed by atoms with Crippen molar-refractivity contribution in [2.45, 2.75) is 31.9 Å². The Balaban J connectivity index is 2.17. The molecule has 1 aromatic carbocycles. The molecule has 22 heavy (non-hydrogen) atoms. The Morgan fingerprint density at radius 1 is 1.32 bits per heavy atom. The standard InChI is InChI=1S/C13H14ClF3N2O3/c1-2-3-6-18-11(20)19-13(12(15,16)17)21-9-5-4-8(14)7-10(9)22-13/h4-5,7H,2-3,6H2,1H3,(H2,18,19,20). The van der Waals surface area contributed by atoms with Crippen molar-refractivity contribution in [3.05, 3.63) is 23.2 Å². The van der Waals surface area contributed by atoms with Crippen LogP contribution in [0.2, 0.25) is 5.02 Å². The van der Waals surface area contributed by atoms with Crippen LogP contribution in [0.1, 0.15) is 19.8 Å². The summed E-state index contributed by atoms with van der Waals surface area (Å²) >= 11 is 5.70. The van der Waals surface area contributed by atoms with Crippen LogP contribution in [0.15, 0.2) is 18.2 Å². The number of nitrogens with one attached hydrogen (secondary N) is 2. The summed E-state index contributed by atoms with van der Waals surface area (Å²) in [6.45, 7) is 2.13. The molecule has 1 aromatic rings. The Labute approximate surface area is 129 Å². The Bertz CT molecular complexity index is 568. The summed E-state index contributed by atoms with van der Waals surface area (Å²) in [5, 5.41) is 4.19. The number of rotatable bonds is 4. The summed E-state index contributed by atoms with van der Waals surface area (Å²) in [4.78, 5) is 11.6. The molecular formula is C13H14ClF3N2O3. The monoisotopic (exact) mass is 338 g/mol. The van der Waals surface area contributed by atoms with E-state index in [0.717, 1.165) is 6.42 Å². The molecule has 9 heteroatoms. The van der Waals surface area contributed by atoms with Crippen molar-refractivity contribution in [3.8, 4) is 11.5 Å². The third-order valence-electron chi connectivity index (χ3n) is 2.88. The van der Waals surface area contributed by atoms with Crippen molar-refractivity contribution >= 4 is 17.6 Å². The van der Waals surface area contributed by atoms with E-state index < -0.39 is 18.1 Å². The highest BCUT2D eigenvalue weighted by molar-refractivity contribution is 6.30. The van der Waals surface area contributed by atoms with E-state index in [0.29, 0.717) is 6.42 Å². The van der Waals surface area contributed by atoms with Crippen molar-refractivity contribution < 1.29 is 27.4 Å². The maximum absolute atomic E-state index is 13.3. The zero-order valence-electron chi connectivity index (χ0n) is 11.6. The molecular weight excluding hydrogens is 325 g/mol. The van der Waals surface area contributed by atoms with Gasteiger partial charge >= 0.3 is 18.1 Å². The molecule has 0 aromatic heterocycles. The fraction of sp³-hybridized carbons (Fsp3) is 0.462. The summed E-state index contributed by atoms with van der Waals surface area (Å²) in [6, 6.07) is 2.74. The van der Waals surface area contributed by atoms with Gasteiger partial charge in [0.25, 0.3) is 0 Å². The van der Waals surface area contributed by atoms with Crippen molar-refractivity contribution in [1.29, 1.82) is 0 Å². The number of carbonyl (C=O) groups excluding carboxylic acids is 1. The van der Waals surface area contributed by atoms with Crippen LogP contribution in [0.25, 0.3) is 0 Å². The molecule has 122 valence electrons. The van der Waals surface area contributed by atoms with Crippen LogP contribution in [0, 0.1) is 0 Å².